The number of carbonyl (C=O) groups excluding carboxylic acids is 1. The number of hydrogen-bond donors (Lipinski definition) is 1. The Hall–Kier alpha value is -0.940. The van der Waals surface area contributed by atoms with Crippen LogP contribution in [0.5, 0.6) is 0 Å². The Labute approximate surface area is 94.1 Å². The first-order valence-corrected chi connectivity index (χ1v) is 5.78. The maximum absolute atomic E-state index is 11.7. The van der Waals surface area contributed by atoms with Crippen molar-refractivity contribution in [3.05, 3.63) is 16.1 Å². The summed E-state index contributed by atoms with van der Waals surface area (Å²) in [5.74, 6) is -0.0436. The lowest BCUT2D eigenvalue weighted by Crippen LogP contribution is -2.34. The van der Waals surface area contributed by atoms with E-state index in [0.717, 1.165) is 10.7 Å². The van der Waals surface area contributed by atoms with Crippen LogP contribution in [0.4, 0.5) is 0 Å². The van der Waals surface area contributed by atoms with Crippen LogP contribution in [0.25, 0.3) is 0 Å². The molecular formula is C10H17N3OS. The molecule has 84 valence electrons. The van der Waals surface area contributed by atoms with Crippen molar-refractivity contribution in [2.24, 2.45) is 11.7 Å². The molecule has 1 unspecified atom stereocenters. The summed E-state index contributed by atoms with van der Waals surface area (Å²) >= 11 is 1.60. The normalized spacial score (nSPS) is 12.5. The predicted octanol–water partition coefficient (Wildman–Crippen LogP) is 1.00. The van der Waals surface area contributed by atoms with Gasteiger partial charge in [-0.3, -0.25) is 4.79 Å². The molecule has 0 aromatic carbocycles. The van der Waals surface area contributed by atoms with Crippen LogP contribution >= 0.6 is 11.3 Å². The molecule has 0 bridgehead atoms. The van der Waals surface area contributed by atoms with Gasteiger partial charge in [0.1, 0.15) is 0 Å². The Morgan fingerprint density at radius 1 is 1.73 bits per heavy atom. The van der Waals surface area contributed by atoms with Crippen molar-refractivity contribution < 1.29 is 4.79 Å². The van der Waals surface area contributed by atoms with E-state index in [1.54, 1.807) is 23.3 Å². The quantitative estimate of drug-likeness (QED) is 0.835. The summed E-state index contributed by atoms with van der Waals surface area (Å²) in [6.45, 7) is 4.75. The lowest BCUT2D eigenvalue weighted by atomic mass is 10.1. The second-order valence-electron chi connectivity index (χ2n) is 3.69. The molecule has 0 aliphatic heterocycles. The van der Waals surface area contributed by atoms with Gasteiger partial charge in [-0.25, -0.2) is 4.98 Å². The standard InChI is InChI=1S/C10H17N3OS/c1-7(4-11)10(14)13(3)5-9-6-15-8(2)12-9/h6-7H,4-5,11H2,1-3H3. The van der Waals surface area contributed by atoms with E-state index in [0.29, 0.717) is 13.1 Å². The maximum atomic E-state index is 11.7. The summed E-state index contributed by atoms with van der Waals surface area (Å²) in [5.41, 5.74) is 6.39. The SMILES string of the molecule is Cc1nc(CN(C)C(=O)C(C)CN)cs1. The van der Waals surface area contributed by atoms with Gasteiger partial charge in [-0.15, -0.1) is 11.3 Å². The summed E-state index contributed by atoms with van der Waals surface area (Å²) in [6.07, 6.45) is 0. The topological polar surface area (TPSA) is 59.2 Å². The van der Waals surface area contributed by atoms with Crippen LogP contribution in [0.15, 0.2) is 5.38 Å². The number of hydrogen-bond acceptors (Lipinski definition) is 4. The summed E-state index contributed by atoms with van der Waals surface area (Å²) in [4.78, 5) is 17.7. The van der Waals surface area contributed by atoms with Crippen molar-refractivity contribution in [1.29, 1.82) is 0 Å². The number of amides is 1. The average Bonchev–Trinajstić information content (AvgIpc) is 2.61. The highest BCUT2D eigenvalue weighted by Crippen LogP contribution is 2.10. The molecule has 0 spiro atoms. The molecule has 0 radical (unpaired) electrons. The van der Waals surface area contributed by atoms with Gasteiger partial charge in [-0.05, 0) is 6.92 Å². The van der Waals surface area contributed by atoms with Crippen molar-refractivity contribution in [3.63, 3.8) is 0 Å². The number of aryl methyl sites for hydroxylation is 1. The monoisotopic (exact) mass is 227 g/mol. The zero-order valence-corrected chi connectivity index (χ0v) is 10.2. The molecule has 0 aliphatic rings. The van der Waals surface area contributed by atoms with Gasteiger partial charge >= 0.3 is 0 Å². The summed E-state index contributed by atoms with van der Waals surface area (Å²) < 4.78 is 0. The molecule has 1 aromatic heterocycles. The van der Waals surface area contributed by atoms with Gasteiger partial charge in [0.25, 0.3) is 0 Å². The second-order valence-corrected chi connectivity index (χ2v) is 4.75. The van der Waals surface area contributed by atoms with Crippen molar-refractivity contribution in [3.8, 4) is 0 Å². The van der Waals surface area contributed by atoms with Crippen LogP contribution in [0.2, 0.25) is 0 Å². The molecule has 0 saturated carbocycles. The highest BCUT2D eigenvalue weighted by Gasteiger charge is 2.16. The average molecular weight is 227 g/mol. The number of nitrogens with zero attached hydrogens (tertiary/aromatic N) is 2. The molecule has 0 fully saturated rings. The summed E-state index contributed by atoms with van der Waals surface area (Å²) in [5, 5.41) is 3.00. The first-order valence-electron chi connectivity index (χ1n) is 4.90. The minimum atomic E-state index is -0.116. The van der Waals surface area contributed by atoms with Gasteiger partial charge in [-0.2, -0.15) is 0 Å². The van der Waals surface area contributed by atoms with Gasteiger partial charge in [-0.1, -0.05) is 6.92 Å². The molecule has 15 heavy (non-hydrogen) atoms. The van der Waals surface area contributed by atoms with E-state index in [1.165, 1.54) is 0 Å². The Morgan fingerprint density at radius 3 is 2.87 bits per heavy atom. The molecule has 2 N–H and O–H groups in total. The van der Waals surface area contributed by atoms with Crippen LogP contribution in [0.3, 0.4) is 0 Å². The molecule has 1 amide bonds. The van der Waals surface area contributed by atoms with E-state index in [2.05, 4.69) is 4.98 Å². The molecule has 1 atom stereocenters. The Bertz CT molecular complexity index is 337. The number of thiazole rings is 1. The molecule has 4 nitrogen and oxygen atoms in total. The van der Waals surface area contributed by atoms with E-state index in [-0.39, 0.29) is 11.8 Å². The van der Waals surface area contributed by atoms with Crippen molar-refractivity contribution in [2.75, 3.05) is 13.6 Å². The third-order valence-electron chi connectivity index (χ3n) is 2.22. The van der Waals surface area contributed by atoms with Crippen LogP contribution < -0.4 is 5.73 Å². The Morgan fingerprint density at radius 2 is 2.40 bits per heavy atom. The van der Waals surface area contributed by atoms with Crippen LogP contribution in [0, 0.1) is 12.8 Å². The first kappa shape index (κ1) is 12.1. The molecule has 0 saturated heterocycles. The van der Waals surface area contributed by atoms with E-state index in [1.807, 2.05) is 19.2 Å². The van der Waals surface area contributed by atoms with E-state index >= 15 is 0 Å². The van der Waals surface area contributed by atoms with Gasteiger partial charge in [0.05, 0.1) is 17.2 Å². The molecule has 5 heteroatoms. The largest absolute Gasteiger partial charge is 0.340 e. The third kappa shape index (κ3) is 3.28. The van der Waals surface area contributed by atoms with Crippen molar-refractivity contribution >= 4 is 17.2 Å². The zero-order valence-electron chi connectivity index (χ0n) is 9.36. The molecule has 1 rings (SSSR count). The highest BCUT2D eigenvalue weighted by molar-refractivity contribution is 7.09. The van der Waals surface area contributed by atoms with Crippen LogP contribution in [0.1, 0.15) is 17.6 Å². The smallest absolute Gasteiger partial charge is 0.226 e. The predicted molar refractivity (Wildman–Crippen MR) is 61.5 cm³/mol. The molecule has 1 heterocycles. The maximum Gasteiger partial charge on any atom is 0.226 e. The van der Waals surface area contributed by atoms with E-state index < -0.39 is 0 Å². The Kier molecular flexibility index (Phi) is 4.23. The minimum absolute atomic E-state index is 0.0724. The fourth-order valence-corrected chi connectivity index (χ4v) is 1.88. The van der Waals surface area contributed by atoms with Crippen LogP contribution in [-0.2, 0) is 11.3 Å². The number of rotatable bonds is 4. The second kappa shape index (κ2) is 5.23. The number of aromatic nitrogens is 1. The van der Waals surface area contributed by atoms with Gasteiger partial charge in [0.2, 0.25) is 5.91 Å². The number of carbonyl (C=O) groups is 1. The fraction of sp³-hybridized carbons (Fsp3) is 0.600. The van der Waals surface area contributed by atoms with E-state index in [9.17, 15) is 4.79 Å². The fourth-order valence-electron chi connectivity index (χ4n) is 1.28. The first-order chi connectivity index (χ1) is 7.04. The summed E-state index contributed by atoms with van der Waals surface area (Å²) in [6, 6.07) is 0. The Balaban J connectivity index is 2.55. The van der Waals surface area contributed by atoms with Gasteiger partial charge in [0, 0.05) is 24.9 Å². The zero-order chi connectivity index (χ0) is 11.4. The molecule has 1 aromatic rings. The van der Waals surface area contributed by atoms with Gasteiger partial charge in [0.15, 0.2) is 0 Å². The summed E-state index contributed by atoms with van der Waals surface area (Å²) in [7, 11) is 1.78. The van der Waals surface area contributed by atoms with Crippen molar-refractivity contribution in [1.82, 2.24) is 9.88 Å². The lowest BCUT2D eigenvalue weighted by molar-refractivity contribution is -0.133. The van der Waals surface area contributed by atoms with Gasteiger partial charge < -0.3 is 10.6 Å². The number of nitrogens with two attached hydrogens (primary N) is 1. The van der Waals surface area contributed by atoms with Crippen molar-refractivity contribution in [2.45, 2.75) is 20.4 Å². The lowest BCUT2D eigenvalue weighted by Gasteiger charge is -2.19. The third-order valence-corrected chi connectivity index (χ3v) is 3.04. The minimum Gasteiger partial charge on any atom is -0.340 e. The van der Waals surface area contributed by atoms with E-state index in [4.69, 9.17) is 5.73 Å². The molecular weight excluding hydrogens is 210 g/mol. The molecule has 0 aliphatic carbocycles. The van der Waals surface area contributed by atoms with Crippen LogP contribution in [-0.4, -0.2) is 29.4 Å². The highest BCUT2D eigenvalue weighted by atomic mass is 32.1.